The second-order valence-electron chi connectivity index (χ2n) is 5.81. The lowest BCUT2D eigenvalue weighted by Gasteiger charge is -2.24. The summed E-state index contributed by atoms with van der Waals surface area (Å²) in [6.45, 7) is 2.07. The number of hydrogen-bond acceptors (Lipinski definition) is 4. The highest BCUT2D eigenvalue weighted by Crippen LogP contribution is 2.29. The molecule has 0 aliphatic carbocycles. The second-order valence-corrected chi connectivity index (χ2v) is 6.22. The summed E-state index contributed by atoms with van der Waals surface area (Å²) in [6, 6.07) is 6.39. The number of carbonyl (C=O) groups is 1. The highest BCUT2D eigenvalue weighted by molar-refractivity contribution is 6.33. The van der Waals surface area contributed by atoms with Gasteiger partial charge in [-0.3, -0.25) is 0 Å². The molecule has 1 aromatic carbocycles. The smallest absolute Gasteiger partial charge is 0.371 e. The van der Waals surface area contributed by atoms with Gasteiger partial charge in [0.25, 0.3) is 0 Å². The topological polar surface area (TPSA) is 75.3 Å². The van der Waals surface area contributed by atoms with Crippen LogP contribution in [0.4, 0.5) is 29.3 Å². The number of amides is 2. The number of aromatic nitrogens is 1. The monoisotopic (exact) mass is 400 g/mol. The van der Waals surface area contributed by atoms with E-state index in [4.69, 9.17) is 16.3 Å². The summed E-state index contributed by atoms with van der Waals surface area (Å²) in [5, 5.41) is 8.48. The van der Waals surface area contributed by atoms with Crippen LogP contribution in [0, 0.1) is 0 Å². The fourth-order valence-electron chi connectivity index (χ4n) is 2.53. The quantitative estimate of drug-likeness (QED) is 0.726. The minimum atomic E-state index is -4.53. The first-order valence-corrected chi connectivity index (χ1v) is 8.44. The van der Waals surface area contributed by atoms with E-state index < -0.39 is 17.9 Å². The van der Waals surface area contributed by atoms with Crippen LogP contribution in [0.3, 0.4) is 0 Å². The van der Waals surface area contributed by atoms with Gasteiger partial charge in [-0.25, -0.2) is 9.78 Å². The Bertz CT molecular complexity index is 809. The molecule has 3 N–H and O–H groups in total. The number of anilines is 2. The number of alkyl halides is 3. The number of carbonyl (C=O) groups excluding carboxylic acids is 1. The molecule has 0 spiro atoms. The molecule has 1 aliphatic rings. The van der Waals surface area contributed by atoms with Crippen LogP contribution < -0.4 is 16.0 Å². The van der Waals surface area contributed by atoms with E-state index >= 15 is 0 Å². The van der Waals surface area contributed by atoms with Crippen molar-refractivity contribution < 1.29 is 22.7 Å². The molecule has 2 aromatic rings. The minimum absolute atomic E-state index is 0.114. The van der Waals surface area contributed by atoms with Crippen molar-refractivity contribution >= 4 is 29.0 Å². The van der Waals surface area contributed by atoms with Gasteiger partial charge in [0, 0.05) is 13.1 Å². The molecule has 1 fully saturated rings. The number of nitrogens with zero attached hydrogens (tertiary/aromatic N) is 1. The van der Waals surface area contributed by atoms with Gasteiger partial charge < -0.3 is 20.7 Å². The van der Waals surface area contributed by atoms with Crippen LogP contribution >= 0.6 is 11.6 Å². The van der Waals surface area contributed by atoms with E-state index in [2.05, 4.69) is 20.9 Å². The molecule has 1 aliphatic heterocycles. The molecule has 1 aromatic heterocycles. The van der Waals surface area contributed by atoms with E-state index in [9.17, 15) is 18.0 Å². The van der Waals surface area contributed by atoms with Crippen molar-refractivity contribution in [3.8, 4) is 0 Å². The SMILES string of the molecule is O=C(Nc1ccc(C(F)(F)F)nc1)Nc1ccc([C@H]2CNCCO2)cc1Cl. The number of rotatable bonds is 3. The third kappa shape index (κ3) is 5.09. The summed E-state index contributed by atoms with van der Waals surface area (Å²) >= 11 is 6.21. The maximum Gasteiger partial charge on any atom is 0.433 e. The van der Waals surface area contributed by atoms with Gasteiger partial charge in [-0.05, 0) is 29.8 Å². The summed E-state index contributed by atoms with van der Waals surface area (Å²) < 4.78 is 43.1. The molecule has 1 saturated heterocycles. The Hall–Kier alpha value is -2.36. The molecule has 1 atom stereocenters. The van der Waals surface area contributed by atoms with E-state index in [0.29, 0.717) is 23.9 Å². The van der Waals surface area contributed by atoms with Gasteiger partial charge in [0.1, 0.15) is 5.69 Å². The number of hydrogen-bond donors (Lipinski definition) is 3. The number of urea groups is 1. The molecule has 0 unspecified atom stereocenters. The lowest BCUT2D eigenvalue weighted by Crippen LogP contribution is -2.33. The molecule has 3 rings (SSSR count). The van der Waals surface area contributed by atoms with Crippen LogP contribution in [0.15, 0.2) is 36.5 Å². The van der Waals surface area contributed by atoms with Gasteiger partial charge in [0.15, 0.2) is 0 Å². The number of halogens is 4. The zero-order valence-electron chi connectivity index (χ0n) is 13.9. The lowest BCUT2D eigenvalue weighted by atomic mass is 10.1. The first-order valence-electron chi connectivity index (χ1n) is 8.06. The highest BCUT2D eigenvalue weighted by Gasteiger charge is 2.32. The summed E-state index contributed by atoms with van der Waals surface area (Å²) in [5.41, 5.74) is 0.327. The molecule has 27 heavy (non-hydrogen) atoms. The van der Waals surface area contributed by atoms with E-state index in [1.807, 2.05) is 0 Å². The lowest BCUT2D eigenvalue weighted by molar-refractivity contribution is -0.141. The van der Waals surface area contributed by atoms with Crippen LogP contribution in [0.25, 0.3) is 0 Å². The van der Waals surface area contributed by atoms with Crippen molar-refractivity contribution in [2.45, 2.75) is 12.3 Å². The summed E-state index contributed by atoms with van der Waals surface area (Å²) in [4.78, 5) is 15.3. The fourth-order valence-corrected chi connectivity index (χ4v) is 2.77. The predicted octanol–water partition coefficient (Wildman–Crippen LogP) is 4.06. The molecule has 10 heteroatoms. The summed E-state index contributed by atoms with van der Waals surface area (Å²) in [7, 11) is 0. The number of morpholine rings is 1. The van der Waals surface area contributed by atoms with Gasteiger partial charge in [-0.2, -0.15) is 13.2 Å². The largest absolute Gasteiger partial charge is 0.433 e. The van der Waals surface area contributed by atoms with Crippen molar-refractivity contribution in [2.24, 2.45) is 0 Å². The number of ether oxygens (including phenoxy) is 1. The predicted molar refractivity (Wildman–Crippen MR) is 94.9 cm³/mol. The van der Waals surface area contributed by atoms with E-state index in [-0.39, 0.29) is 11.8 Å². The van der Waals surface area contributed by atoms with Crippen molar-refractivity contribution in [1.29, 1.82) is 0 Å². The zero-order valence-corrected chi connectivity index (χ0v) is 14.7. The molecule has 2 heterocycles. The minimum Gasteiger partial charge on any atom is -0.371 e. The maximum absolute atomic E-state index is 12.5. The van der Waals surface area contributed by atoms with Crippen LogP contribution in [0.5, 0.6) is 0 Å². The number of benzene rings is 1. The standard InChI is InChI=1S/C17H16ClF3N4O2/c18-12-7-10(14-9-22-5-6-27-14)1-3-13(12)25-16(26)24-11-2-4-15(23-8-11)17(19,20)21/h1-4,7-8,14,22H,5-6,9H2,(H2,24,25,26)/t14-/m1/s1. The average Bonchev–Trinajstić information content (AvgIpc) is 2.64. The molecule has 0 bridgehead atoms. The van der Waals surface area contributed by atoms with Crippen molar-refractivity contribution in [3.05, 3.63) is 52.8 Å². The Morgan fingerprint density at radius 2 is 2.07 bits per heavy atom. The Morgan fingerprint density at radius 3 is 2.67 bits per heavy atom. The zero-order chi connectivity index (χ0) is 19.4. The molecular formula is C17H16ClF3N4O2. The Kier molecular flexibility index (Phi) is 5.83. The summed E-state index contributed by atoms with van der Waals surface area (Å²) in [6.07, 6.45) is -3.72. The Labute approximate surface area is 158 Å². The van der Waals surface area contributed by atoms with E-state index in [1.54, 1.807) is 18.2 Å². The third-order valence-corrected chi connectivity index (χ3v) is 4.17. The molecule has 0 saturated carbocycles. The van der Waals surface area contributed by atoms with Crippen LogP contribution in [-0.4, -0.2) is 30.7 Å². The molecule has 6 nitrogen and oxygen atoms in total. The van der Waals surface area contributed by atoms with Gasteiger partial charge in [0.2, 0.25) is 0 Å². The van der Waals surface area contributed by atoms with Crippen molar-refractivity contribution in [3.63, 3.8) is 0 Å². The van der Waals surface area contributed by atoms with E-state index in [0.717, 1.165) is 30.4 Å². The highest BCUT2D eigenvalue weighted by atomic mass is 35.5. The van der Waals surface area contributed by atoms with Gasteiger partial charge in [-0.1, -0.05) is 17.7 Å². The first kappa shape index (κ1) is 19.4. The van der Waals surface area contributed by atoms with Gasteiger partial charge in [-0.15, -0.1) is 0 Å². The number of nitrogens with one attached hydrogen (secondary N) is 3. The normalized spacial score (nSPS) is 17.4. The van der Waals surface area contributed by atoms with Crippen molar-refractivity contribution in [2.75, 3.05) is 30.3 Å². The van der Waals surface area contributed by atoms with Crippen LogP contribution in [0.2, 0.25) is 5.02 Å². The van der Waals surface area contributed by atoms with Gasteiger partial charge in [0.05, 0.1) is 35.3 Å². The fraction of sp³-hybridized carbons (Fsp3) is 0.294. The first-order chi connectivity index (χ1) is 12.8. The summed E-state index contributed by atoms with van der Waals surface area (Å²) in [5.74, 6) is 0. The van der Waals surface area contributed by atoms with E-state index in [1.165, 1.54) is 0 Å². The van der Waals surface area contributed by atoms with Crippen LogP contribution in [-0.2, 0) is 10.9 Å². The van der Waals surface area contributed by atoms with Crippen molar-refractivity contribution in [1.82, 2.24) is 10.3 Å². The molecule has 2 amide bonds. The van der Waals surface area contributed by atoms with Crippen LogP contribution in [0.1, 0.15) is 17.4 Å². The third-order valence-electron chi connectivity index (χ3n) is 3.85. The maximum atomic E-state index is 12.5. The second kappa shape index (κ2) is 8.12. The molecular weight excluding hydrogens is 385 g/mol. The Morgan fingerprint density at radius 1 is 1.26 bits per heavy atom. The number of pyridine rings is 1. The average molecular weight is 401 g/mol. The molecule has 0 radical (unpaired) electrons. The van der Waals surface area contributed by atoms with Gasteiger partial charge >= 0.3 is 12.2 Å². The Balaban J connectivity index is 1.62. The molecule has 144 valence electrons.